The summed E-state index contributed by atoms with van der Waals surface area (Å²) in [4.78, 5) is 0. The quantitative estimate of drug-likeness (QED) is 0.542. The first-order valence-electron chi connectivity index (χ1n) is 3.70. The van der Waals surface area contributed by atoms with E-state index in [1.165, 1.54) is 18.9 Å². The summed E-state index contributed by atoms with van der Waals surface area (Å²) in [5, 5.41) is 10.5. The second kappa shape index (κ2) is 4.07. The largest absolute Gasteiger partial charge is 0.241 e. The van der Waals surface area contributed by atoms with Gasteiger partial charge in [-0.25, -0.2) is 5.11 Å². The van der Waals surface area contributed by atoms with Crippen LogP contribution in [0, 0.1) is 0 Å². The zero-order valence-corrected chi connectivity index (χ0v) is 7.74. The Morgan fingerprint density at radius 1 is 1.33 bits per heavy atom. The van der Waals surface area contributed by atoms with E-state index < -0.39 is 8.07 Å². The van der Waals surface area contributed by atoms with Gasteiger partial charge in [-0.3, -0.25) is 0 Å². The lowest BCUT2D eigenvalue weighted by atomic mass is 10.4. The highest BCUT2D eigenvalue weighted by Crippen LogP contribution is 2.11. The maximum Gasteiger partial charge on any atom is 0.0818 e. The maximum atomic E-state index is 10.5. The summed E-state index contributed by atoms with van der Waals surface area (Å²) in [5.74, 6) is 0. The Balaban J connectivity index is 3.33. The van der Waals surface area contributed by atoms with Crippen LogP contribution in [0.4, 0.5) is 0 Å². The normalized spacial score (nSPS) is 12.0. The molecule has 0 saturated carbocycles. The minimum atomic E-state index is -1.25. The molecule has 1 radical (unpaired) electrons. The standard InChI is InChI=1S/C7H17OSi/c1-4-5-6-9(2,3)7-8/h4-7H2,1-3H3. The van der Waals surface area contributed by atoms with Crippen LogP contribution in [0.1, 0.15) is 19.8 Å². The molecule has 0 saturated heterocycles. The highest BCUT2D eigenvalue weighted by atomic mass is 28.3. The molecule has 0 heterocycles. The van der Waals surface area contributed by atoms with Gasteiger partial charge in [0.2, 0.25) is 0 Å². The minimum Gasteiger partial charge on any atom is -0.241 e. The van der Waals surface area contributed by atoms with Crippen LogP contribution in [0.2, 0.25) is 19.1 Å². The van der Waals surface area contributed by atoms with E-state index >= 15 is 0 Å². The van der Waals surface area contributed by atoms with Gasteiger partial charge in [0.1, 0.15) is 0 Å². The minimum absolute atomic E-state index is 0.201. The van der Waals surface area contributed by atoms with E-state index in [1.54, 1.807) is 0 Å². The Kier molecular flexibility index (Phi) is 4.15. The van der Waals surface area contributed by atoms with Crippen molar-refractivity contribution in [3.63, 3.8) is 0 Å². The number of unbranched alkanes of at least 4 members (excludes halogenated alkanes) is 1. The highest BCUT2D eigenvalue weighted by molar-refractivity contribution is 6.77. The molecule has 0 aromatic rings. The number of hydrogen-bond donors (Lipinski definition) is 0. The van der Waals surface area contributed by atoms with Crippen molar-refractivity contribution >= 4 is 8.07 Å². The first kappa shape index (κ1) is 9.18. The van der Waals surface area contributed by atoms with Crippen LogP contribution in [0.25, 0.3) is 0 Å². The first-order valence-corrected chi connectivity index (χ1v) is 7.12. The van der Waals surface area contributed by atoms with E-state index in [0.29, 0.717) is 0 Å². The lowest BCUT2D eigenvalue weighted by Crippen LogP contribution is -2.29. The molecule has 0 unspecified atom stereocenters. The predicted octanol–water partition coefficient (Wildman–Crippen LogP) is 2.46. The van der Waals surface area contributed by atoms with E-state index in [4.69, 9.17) is 0 Å². The number of rotatable bonds is 4. The molecule has 0 aliphatic heterocycles. The fourth-order valence-corrected chi connectivity index (χ4v) is 2.18. The van der Waals surface area contributed by atoms with Crippen molar-refractivity contribution in [2.24, 2.45) is 0 Å². The molecule has 0 fully saturated rings. The van der Waals surface area contributed by atoms with E-state index in [0.717, 1.165) is 0 Å². The predicted molar refractivity (Wildman–Crippen MR) is 42.8 cm³/mol. The molecule has 0 spiro atoms. The van der Waals surface area contributed by atoms with Crippen molar-refractivity contribution in [2.75, 3.05) is 6.23 Å². The average molecular weight is 145 g/mol. The SMILES string of the molecule is CCCC[Si](C)(C)C[O]. The molecule has 0 amide bonds. The Morgan fingerprint density at radius 2 is 1.89 bits per heavy atom. The van der Waals surface area contributed by atoms with Gasteiger partial charge >= 0.3 is 0 Å². The monoisotopic (exact) mass is 145 g/mol. The van der Waals surface area contributed by atoms with Crippen LogP contribution in [-0.2, 0) is 5.11 Å². The van der Waals surface area contributed by atoms with E-state index in [2.05, 4.69) is 20.0 Å². The van der Waals surface area contributed by atoms with Gasteiger partial charge < -0.3 is 0 Å². The summed E-state index contributed by atoms with van der Waals surface area (Å²) >= 11 is 0. The Morgan fingerprint density at radius 3 is 2.22 bits per heavy atom. The van der Waals surface area contributed by atoms with E-state index in [1.807, 2.05) is 0 Å². The van der Waals surface area contributed by atoms with Crippen LogP contribution in [0.15, 0.2) is 0 Å². The summed E-state index contributed by atoms with van der Waals surface area (Å²) < 4.78 is 0. The van der Waals surface area contributed by atoms with Crippen LogP contribution >= 0.6 is 0 Å². The molecule has 9 heavy (non-hydrogen) atoms. The fourth-order valence-electron chi connectivity index (χ4n) is 0.727. The van der Waals surface area contributed by atoms with Crippen LogP contribution < -0.4 is 0 Å². The summed E-state index contributed by atoms with van der Waals surface area (Å²) in [6.07, 6.45) is 2.69. The molecule has 0 bridgehead atoms. The number of hydrogen-bond acceptors (Lipinski definition) is 0. The van der Waals surface area contributed by atoms with Crippen molar-refractivity contribution in [2.45, 2.75) is 38.9 Å². The second-order valence-corrected chi connectivity index (χ2v) is 8.53. The smallest absolute Gasteiger partial charge is 0.0818 e. The molecule has 0 aromatic heterocycles. The van der Waals surface area contributed by atoms with Gasteiger partial charge in [-0.2, -0.15) is 0 Å². The molecule has 0 aliphatic carbocycles. The van der Waals surface area contributed by atoms with E-state index in [-0.39, 0.29) is 6.23 Å². The first-order chi connectivity index (χ1) is 4.12. The topological polar surface area (TPSA) is 19.9 Å². The third kappa shape index (κ3) is 4.67. The Bertz CT molecular complexity index is 71.3. The molecule has 1 nitrogen and oxygen atoms in total. The van der Waals surface area contributed by atoms with Crippen molar-refractivity contribution in [3.05, 3.63) is 0 Å². The van der Waals surface area contributed by atoms with Crippen molar-refractivity contribution in [3.8, 4) is 0 Å². The molecule has 0 atom stereocenters. The maximum absolute atomic E-state index is 10.5. The lowest BCUT2D eigenvalue weighted by Gasteiger charge is -2.16. The molecule has 0 rings (SSSR count). The van der Waals surface area contributed by atoms with Gasteiger partial charge in [-0.1, -0.05) is 38.9 Å². The fraction of sp³-hybridized carbons (Fsp3) is 1.00. The zero-order valence-electron chi connectivity index (χ0n) is 6.74. The zero-order chi connectivity index (χ0) is 7.33. The third-order valence-corrected chi connectivity index (χ3v) is 4.09. The Hall–Kier alpha value is 0.177. The highest BCUT2D eigenvalue weighted by Gasteiger charge is 2.18. The molecule has 0 N–H and O–H groups in total. The van der Waals surface area contributed by atoms with Crippen molar-refractivity contribution in [1.82, 2.24) is 0 Å². The summed E-state index contributed by atoms with van der Waals surface area (Å²) in [5.41, 5.74) is 0. The van der Waals surface area contributed by atoms with E-state index in [9.17, 15) is 5.11 Å². The summed E-state index contributed by atoms with van der Waals surface area (Å²) in [6.45, 7) is 6.53. The second-order valence-electron chi connectivity index (χ2n) is 3.41. The summed E-state index contributed by atoms with van der Waals surface area (Å²) in [7, 11) is -1.25. The molecule has 55 valence electrons. The summed E-state index contributed by atoms with van der Waals surface area (Å²) in [6, 6.07) is 1.22. The molecular weight excluding hydrogens is 128 g/mol. The van der Waals surface area contributed by atoms with Crippen molar-refractivity contribution < 1.29 is 5.11 Å². The van der Waals surface area contributed by atoms with Gasteiger partial charge in [-0.05, 0) is 0 Å². The van der Waals surface area contributed by atoms with Crippen LogP contribution in [0.3, 0.4) is 0 Å². The van der Waals surface area contributed by atoms with Crippen molar-refractivity contribution in [1.29, 1.82) is 0 Å². The molecule has 0 aromatic carbocycles. The molecule has 2 heteroatoms. The van der Waals surface area contributed by atoms with Gasteiger partial charge in [0.15, 0.2) is 0 Å². The van der Waals surface area contributed by atoms with Gasteiger partial charge in [0, 0.05) is 0 Å². The van der Waals surface area contributed by atoms with Crippen LogP contribution in [-0.4, -0.2) is 14.3 Å². The van der Waals surface area contributed by atoms with Gasteiger partial charge in [-0.15, -0.1) is 0 Å². The van der Waals surface area contributed by atoms with Gasteiger partial charge in [0.05, 0.1) is 14.3 Å². The Labute approximate surface area is 59.1 Å². The van der Waals surface area contributed by atoms with Gasteiger partial charge in [0.25, 0.3) is 0 Å². The molecular formula is C7H17OSi. The lowest BCUT2D eigenvalue weighted by molar-refractivity contribution is 0.245. The third-order valence-electron chi connectivity index (χ3n) is 1.60. The van der Waals surface area contributed by atoms with Crippen LogP contribution in [0.5, 0.6) is 0 Å². The molecule has 0 aliphatic rings. The average Bonchev–Trinajstić information content (AvgIpc) is 1.84.